The van der Waals surface area contributed by atoms with E-state index in [1.807, 2.05) is 0 Å². The summed E-state index contributed by atoms with van der Waals surface area (Å²) in [6.45, 7) is 0. The second-order valence-corrected chi connectivity index (χ2v) is 6.06. The Bertz CT molecular complexity index is 886. The van der Waals surface area contributed by atoms with Crippen LogP contribution in [-0.2, 0) is 10.0 Å². The SMILES string of the molecule is NS(=O)(=O)c1c(F)c(F)c(F)c(F)c1-c1ccc(Cl)cc1F. The Balaban J connectivity index is 3.03. The Hall–Kier alpha value is -1.71. The Morgan fingerprint density at radius 3 is 1.95 bits per heavy atom. The molecule has 0 radical (unpaired) electrons. The summed E-state index contributed by atoms with van der Waals surface area (Å²) in [5.74, 6) is -10.3. The molecule has 0 unspecified atom stereocenters. The number of benzene rings is 2. The van der Waals surface area contributed by atoms with E-state index in [0.29, 0.717) is 6.07 Å². The van der Waals surface area contributed by atoms with Gasteiger partial charge >= 0.3 is 0 Å². The highest BCUT2D eigenvalue weighted by Crippen LogP contribution is 2.36. The lowest BCUT2D eigenvalue weighted by Crippen LogP contribution is -2.19. The summed E-state index contributed by atoms with van der Waals surface area (Å²) in [4.78, 5) is -1.69. The van der Waals surface area contributed by atoms with Crippen molar-refractivity contribution in [3.8, 4) is 11.1 Å². The molecule has 22 heavy (non-hydrogen) atoms. The van der Waals surface area contributed by atoms with Crippen molar-refractivity contribution in [3.63, 3.8) is 0 Å². The lowest BCUT2D eigenvalue weighted by atomic mass is 10.0. The van der Waals surface area contributed by atoms with Crippen LogP contribution in [0.4, 0.5) is 22.0 Å². The Morgan fingerprint density at radius 2 is 1.45 bits per heavy atom. The van der Waals surface area contributed by atoms with Crippen LogP contribution in [0.5, 0.6) is 0 Å². The molecule has 0 amide bonds. The zero-order valence-corrected chi connectivity index (χ0v) is 11.9. The van der Waals surface area contributed by atoms with Gasteiger partial charge in [-0.2, -0.15) is 0 Å². The van der Waals surface area contributed by atoms with Crippen LogP contribution in [0.15, 0.2) is 23.1 Å². The zero-order chi connectivity index (χ0) is 16.8. The van der Waals surface area contributed by atoms with Crippen LogP contribution >= 0.6 is 11.6 Å². The number of hydrogen-bond donors (Lipinski definition) is 1. The van der Waals surface area contributed by atoms with Crippen molar-refractivity contribution in [3.05, 3.63) is 52.3 Å². The van der Waals surface area contributed by atoms with Gasteiger partial charge in [0.05, 0.1) is 0 Å². The third-order valence-corrected chi connectivity index (χ3v) is 3.90. The van der Waals surface area contributed by atoms with E-state index in [4.69, 9.17) is 16.7 Å². The highest BCUT2D eigenvalue weighted by Gasteiger charge is 2.32. The van der Waals surface area contributed by atoms with E-state index in [1.165, 1.54) is 0 Å². The average Bonchev–Trinajstić information content (AvgIpc) is 2.39. The van der Waals surface area contributed by atoms with Gasteiger partial charge in [0, 0.05) is 16.1 Å². The van der Waals surface area contributed by atoms with Gasteiger partial charge in [-0.05, 0) is 18.2 Å². The molecule has 0 fully saturated rings. The molecule has 0 heterocycles. The van der Waals surface area contributed by atoms with Crippen molar-refractivity contribution in [2.75, 3.05) is 0 Å². The van der Waals surface area contributed by atoms with Crippen LogP contribution in [-0.4, -0.2) is 8.42 Å². The molecule has 2 rings (SSSR count). The minimum Gasteiger partial charge on any atom is -0.225 e. The molecule has 0 bridgehead atoms. The van der Waals surface area contributed by atoms with Gasteiger partial charge in [-0.15, -0.1) is 0 Å². The van der Waals surface area contributed by atoms with Crippen LogP contribution < -0.4 is 5.14 Å². The normalized spacial score (nSPS) is 11.8. The maximum Gasteiger partial charge on any atom is 0.241 e. The van der Waals surface area contributed by atoms with Gasteiger partial charge < -0.3 is 0 Å². The van der Waals surface area contributed by atoms with Crippen LogP contribution in [0, 0.1) is 29.1 Å². The van der Waals surface area contributed by atoms with E-state index < -0.39 is 55.1 Å². The molecule has 0 aliphatic carbocycles. The summed E-state index contributed by atoms with van der Waals surface area (Å²) in [6, 6.07) is 2.45. The van der Waals surface area contributed by atoms with E-state index in [1.54, 1.807) is 0 Å². The molecular formula is C12H5ClF5NO2S. The largest absolute Gasteiger partial charge is 0.241 e. The van der Waals surface area contributed by atoms with Gasteiger partial charge in [-0.1, -0.05) is 11.6 Å². The highest BCUT2D eigenvalue weighted by atomic mass is 35.5. The van der Waals surface area contributed by atoms with E-state index in [0.717, 1.165) is 12.1 Å². The van der Waals surface area contributed by atoms with Gasteiger partial charge in [-0.3, -0.25) is 0 Å². The summed E-state index contributed by atoms with van der Waals surface area (Å²) in [7, 11) is -5.02. The van der Waals surface area contributed by atoms with Crippen molar-refractivity contribution < 1.29 is 30.4 Å². The number of rotatable bonds is 2. The molecule has 0 atom stereocenters. The fourth-order valence-corrected chi connectivity index (χ4v) is 2.79. The summed E-state index contributed by atoms with van der Waals surface area (Å²) in [6.07, 6.45) is 0. The zero-order valence-electron chi connectivity index (χ0n) is 10.3. The summed E-state index contributed by atoms with van der Waals surface area (Å²) >= 11 is 5.48. The van der Waals surface area contributed by atoms with Crippen LogP contribution in [0.2, 0.25) is 5.02 Å². The fourth-order valence-electron chi connectivity index (χ4n) is 1.81. The molecule has 0 aliphatic rings. The predicted octanol–water partition coefficient (Wildman–Crippen LogP) is 3.35. The second-order valence-electron chi connectivity index (χ2n) is 4.13. The third-order valence-electron chi connectivity index (χ3n) is 2.71. The van der Waals surface area contributed by atoms with Crippen molar-refractivity contribution in [1.29, 1.82) is 0 Å². The topological polar surface area (TPSA) is 60.2 Å². The molecule has 0 saturated carbocycles. The third kappa shape index (κ3) is 2.67. The van der Waals surface area contributed by atoms with Crippen molar-refractivity contribution in [2.45, 2.75) is 4.90 Å². The molecule has 3 nitrogen and oxygen atoms in total. The minimum absolute atomic E-state index is 0.137. The van der Waals surface area contributed by atoms with E-state index in [2.05, 4.69) is 0 Å². The summed E-state index contributed by atoms with van der Waals surface area (Å²) in [5, 5.41) is 4.55. The van der Waals surface area contributed by atoms with E-state index in [-0.39, 0.29) is 5.02 Å². The minimum atomic E-state index is -5.02. The number of primary sulfonamides is 1. The molecule has 2 N–H and O–H groups in total. The van der Waals surface area contributed by atoms with Gasteiger partial charge in [0.2, 0.25) is 10.0 Å². The molecular weight excluding hydrogens is 353 g/mol. The summed E-state index contributed by atoms with van der Waals surface area (Å²) in [5.41, 5.74) is -2.20. The van der Waals surface area contributed by atoms with Gasteiger partial charge in [0.1, 0.15) is 10.7 Å². The number of sulfonamides is 1. The van der Waals surface area contributed by atoms with Gasteiger partial charge in [-0.25, -0.2) is 35.5 Å². The maximum atomic E-state index is 13.9. The average molecular weight is 358 g/mol. The standard InChI is InChI=1S/C12H5ClF5NO2S/c13-4-1-2-5(6(14)3-4)7-8(15)9(16)10(17)11(18)12(7)22(19,20)21/h1-3H,(H2,19,20,21). The molecule has 0 spiro atoms. The fraction of sp³-hybridized carbons (Fsp3) is 0. The predicted molar refractivity (Wildman–Crippen MR) is 68.1 cm³/mol. The molecule has 2 aromatic carbocycles. The van der Waals surface area contributed by atoms with Crippen LogP contribution in [0.3, 0.4) is 0 Å². The number of hydrogen-bond acceptors (Lipinski definition) is 2. The van der Waals surface area contributed by atoms with Gasteiger partial charge in [0.15, 0.2) is 23.3 Å². The first-order chi connectivity index (χ1) is 10.1. The first-order valence-electron chi connectivity index (χ1n) is 5.40. The number of nitrogens with two attached hydrogens (primary N) is 1. The number of halogens is 6. The highest BCUT2D eigenvalue weighted by molar-refractivity contribution is 7.89. The quantitative estimate of drug-likeness (QED) is 0.509. The summed E-state index contributed by atoms with van der Waals surface area (Å²) < 4.78 is 90.7. The Morgan fingerprint density at radius 1 is 0.909 bits per heavy atom. The first-order valence-corrected chi connectivity index (χ1v) is 7.32. The van der Waals surface area contributed by atoms with Crippen LogP contribution in [0.1, 0.15) is 0 Å². The molecule has 2 aromatic rings. The Kier molecular flexibility index (Phi) is 4.16. The Labute approximate surface area is 126 Å². The molecule has 0 saturated heterocycles. The van der Waals surface area contributed by atoms with Crippen molar-refractivity contribution in [1.82, 2.24) is 0 Å². The van der Waals surface area contributed by atoms with E-state index >= 15 is 0 Å². The van der Waals surface area contributed by atoms with Gasteiger partial charge in [0.25, 0.3) is 0 Å². The lowest BCUT2D eigenvalue weighted by Gasteiger charge is -2.13. The molecule has 0 aromatic heterocycles. The van der Waals surface area contributed by atoms with Crippen molar-refractivity contribution in [2.24, 2.45) is 5.14 Å². The van der Waals surface area contributed by atoms with Crippen molar-refractivity contribution >= 4 is 21.6 Å². The molecule has 0 aliphatic heterocycles. The smallest absolute Gasteiger partial charge is 0.225 e. The molecule has 10 heteroatoms. The van der Waals surface area contributed by atoms with Crippen LogP contribution in [0.25, 0.3) is 11.1 Å². The first kappa shape index (κ1) is 16.7. The van der Waals surface area contributed by atoms with E-state index in [9.17, 15) is 30.4 Å². The second kappa shape index (κ2) is 5.49. The maximum absolute atomic E-state index is 13.9. The molecule has 118 valence electrons. The lowest BCUT2D eigenvalue weighted by molar-refractivity contribution is 0.398. The monoisotopic (exact) mass is 357 g/mol.